The Labute approximate surface area is 110 Å². The van der Waals surface area contributed by atoms with Crippen LogP contribution in [0.4, 0.5) is 11.5 Å². The molecule has 0 saturated carbocycles. The number of nitrogens with zero attached hydrogens (tertiary/aromatic N) is 3. The number of aryl methyl sites for hydroxylation is 1. The van der Waals surface area contributed by atoms with Crippen LogP contribution in [0.2, 0.25) is 0 Å². The van der Waals surface area contributed by atoms with Crippen LogP contribution in [-0.2, 0) is 4.79 Å². The van der Waals surface area contributed by atoms with Crippen LogP contribution in [0.15, 0.2) is 12.3 Å². The number of hydrogen-bond acceptors (Lipinski definition) is 5. The highest BCUT2D eigenvalue weighted by Crippen LogP contribution is 2.24. The average molecular weight is 264 g/mol. The molecule has 1 aliphatic rings. The Morgan fingerprint density at radius 1 is 1.63 bits per heavy atom. The number of carbonyl (C=O) groups excluding carboxylic acids is 1. The fraction of sp³-hybridized carbons (Fsp3) is 0.500. The van der Waals surface area contributed by atoms with E-state index in [4.69, 9.17) is 0 Å². The molecule has 0 aromatic carbocycles. The minimum Gasteiger partial charge on any atom is -0.354 e. The fourth-order valence-corrected chi connectivity index (χ4v) is 2.30. The van der Waals surface area contributed by atoms with E-state index in [0.717, 1.165) is 6.42 Å². The first-order valence-electron chi connectivity index (χ1n) is 6.20. The van der Waals surface area contributed by atoms with Gasteiger partial charge in [0, 0.05) is 18.7 Å². The Morgan fingerprint density at radius 2 is 2.37 bits per heavy atom. The number of pyridine rings is 1. The second-order valence-electron chi connectivity index (χ2n) is 4.47. The molecule has 2 heterocycles. The molecule has 1 N–H and O–H groups in total. The van der Waals surface area contributed by atoms with Crippen molar-refractivity contribution in [3.05, 3.63) is 27.9 Å². The molecular formula is C12H16N4O3. The Kier molecular flexibility index (Phi) is 3.64. The maximum atomic E-state index is 11.7. The minimum atomic E-state index is -0.454. The Hall–Kier alpha value is -2.18. The SMILES string of the molecule is CCN(c1cc(C)c([N+](=O)[O-])cn1)[C@@H]1CCNC1=O. The number of rotatable bonds is 4. The van der Waals surface area contributed by atoms with E-state index >= 15 is 0 Å². The number of hydrogen-bond donors (Lipinski definition) is 1. The highest BCUT2D eigenvalue weighted by atomic mass is 16.6. The van der Waals surface area contributed by atoms with Crippen LogP contribution in [0.3, 0.4) is 0 Å². The third-order valence-corrected chi connectivity index (χ3v) is 3.30. The van der Waals surface area contributed by atoms with Gasteiger partial charge in [0.05, 0.1) is 4.92 Å². The third-order valence-electron chi connectivity index (χ3n) is 3.30. The Balaban J connectivity index is 2.31. The van der Waals surface area contributed by atoms with Crippen molar-refractivity contribution >= 4 is 17.4 Å². The standard InChI is InChI=1S/C12H16N4O3/c1-3-15(9-4-5-13-12(9)17)11-6-8(2)10(7-14-11)16(18)19/h6-7,9H,3-5H2,1-2H3,(H,13,17)/t9-/m1/s1. The van der Waals surface area contributed by atoms with Crippen molar-refractivity contribution in [1.29, 1.82) is 0 Å². The number of likely N-dealkylation sites (N-methyl/N-ethyl adjacent to an activating group) is 1. The average Bonchev–Trinajstić information content (AvgIpc) is 2.76. The van der Waals surface area contributed by atoms with Crippen molar-refractivity contribution in [2.75, 3.05) is 18.0 Å². The molecular weight excluding hydrogens is 248 g/mol. The molecule has 0 radical (unpaired) electrons. The monoisotopic (exact) mass is 264 g/mol. The van der Waals surface area contributed by atoms with E-state index in [9.17, 15) is 14.9 Å². The molecule has 0 unspecified atom stereocenters. The van der Waals surface area contributed by atoms with Gasteiger partial charge in [-0.2, -0.15) is 0 Å². The first-order chi connectivity index (χ1) is 9.04. The van der Waals surface area contributed by atoms with Crippen LogP contribution < -0.4 is 10.2 Å². The van der Waals surface area contributed by atoms with Crippen LogP contribution >= 0.6 is 0 Å². The smallest absolute Gasteiger partial charge is 0.290 e. The molecule has 0 aliphatic carbocycles. The lowest BCUT2D eigenvalue weighted by Gasteiger charge is -2.26. The second-order valence-corrected chi connectivity index (χ2v) is 4.47. The summed E-state index contributed by atoms with van der Waals surface area (Å²) >= 11 is 0. The number of carbonyl (C=O) groups is 1. The van der Waals surface area contributed by atoms with Crippen molar-refractivity contribution in [1.82, 2.24) is 10.3 Å². The predicted octanol–water partition coefficient (Wildman–Crippen LogP) is 1.01. The lowest BCUT2D eigenvalue weighted by molar-refractivity contribution is -0.385. The lowest BCUT2D eigenvalue weighted by atomic mass is 10.2. The van der Waals surface area contributed by atoms with Gasteiger partial charge in [0.2, 0.25) is 5.91 Å². The first kappa shape index (κ1) is 13.3. The maximum absolute atomic E-state index is 11.7. The number of aromatic nitrogens is 1. The highest BCUT2D eigenvalue weighted by Gasteiger charge is 2.30. The number of nitro groups is 1. The zero-order chi connectivity index (χ0) is 14.0. The van der Waals surface area contributed by atoms with Gasteiger partial charge in [0.1, 0.15) is 18.1 Å². The normalized spacial score (nSPS) is 18.2. The van der Waals surface area contributed by atoms with Crippen LogP contribution in [-0.4, -0.2) is 34.9 Å². The molecule has 1 saturated heterocycles. The molecule has 7 heteroatoms. The summed E-state index contributed by atoms with van der Waals surface area (Å²) in [6, 6.07) is 1.42. The quantitative estimate of drug-likeness (QED) is 0.647. The third kappa shape index (κ3) is 2.49. The van der Waals surface area contributed by atoms with Crippen molar-refractivity contribution in [3.63, 3.8) is 0 Å². The molecule has 1 aromatic heterocycles. The van der Waals surface area contributed by atoms with Crippen LogP contribution in [0.5, 0.6) is 0 Å². The molecule has 102 valence electrons. The molecule has 0 spiro atoms. The van der Waals surface area contributed by atoms with E-state index in [0.29, 0.717) is 24.5 Å². The fourth-order valence-electron chi connectivity index (χ4n) is 2.30. The molecule has 19 heavy (non-hydrogen) atoms. The number of nitrogens with one attached hydrogen (secondary N) is 1. The van der Waals surface area contributed by atoms with Gasteiger partial charge >= 0.3 is 0 Å². The molecule has 1 fully saturated rings. The summed E-state index contributed by atoms with van der Waals surface area (Å²) in [5.41, 5.74) is 0.544. The van der Waals surface area contributed by atoms with Crippen molar-refractivity contribution in [2.24, 2.45) is 0 Å². The van der Waals surface area contributed by atoms with E-state index in [2.05, 4.69) is 10.3 Å². The van der Waals surface area contributed by atoms with Crippen molar-refractivity contribution in [2.45, 2.75) is 26.3 Å². The van der Waals surface area contributed by atoms with Gasteiger partial charge in [-0.25, -0.2) is 4.98 Å². The summed E-state index contributed by atoms with van der Waals surface area (Å²) in [5, 5.41) is 13.6. The highest BCUT2D eigenvalue weighted by molar-refractivity contribution is 5.87. The molecule has 1 amide bonds. The Bertz CT molecular complexity index is 518. The summed E-state index contributed by atoms with van der Waals surface area (Å²) in [5.74, 6) is 0.590. The summed E-state index contributed by atoms with van der Waals surface area (Å²) in [7, 11) is 0. The van der Waals surface area contributed by atoms with Gasteiger partial charge in [-0.15, -0.1) is 0 Å². The van der Waals surface area contributed by atoms with Crippen molar-refractivity contribution in [3.8, 4) is 0 Å². The van der Waals surface area contributed by atoms with E-state index in [-0.39, 0.29) is 17.6 Å². The zero-order valence-electron chi connectivity index (χ0n) is 10.9. The molecule has 1 atom stereocenters. The first-order valence-corrected chi connectivity index (χ1v) is 6.20. The zero-order valence-corrected chi connectivity index (χ0v) is 10.9. The molecule has 1 aromatic rings. The summed E-state index contributed by atoms with van der Waals surface area (Å²) in [6.45, 7) is 4.89. The summed E-state index contributed by atoms with van der Waals surface area (Å²) in [6.07, 6.45) is 1.98. The van der Waals surface area contributed by atoms with Crippen LogP contribution in [0, 0.1) is 17.0 Å². The van der Waals surface area contributed by atoms with E-state index in [1.165, 1.54) is 6.20 Å². The van der Waals surface area contributed by atoms with E-state index < -0.39 is 4.92 Å². The molecule has 2 rings (SSSR count). The minimum absolute atomic E-state index is 0.00400. The van der Waals surface area contributed by atoms with Gasteiger partial charge in [0.15, 0.2) is 0 Å². The van der Waals surface area contributed by atoms with Gasteiger partial charge < -0.3 is 10.2 Å². The largest absolute Gasteiger partial charge is 0.354 e. The number of amides is 1. The molecule has 0 bridgehead atoms. The topological polar surface area (TPSA) is 88.4 Å². The van der Waals surface area contributed by atoms with Crippen molar-refractivity contribution < 1.29 is 9.72 Å². The van der Waals surface area contributed by atoms with Gasteiger partial charge in [-0.1, -0.05) is 0 Å². The second kappa shape index (κ2) is 5.21. The Morgan fingerprint density at radius 3 is 2.84 bits per heavy atom. The lowest BCUT2D eigenvalue weighted by Crippen LogP contribution is -2.41. The van der Waals surface area contributed by atoms with Gasteiger partial charge in [-0.05, 0) is 26.3 Å². The van der Waals surface area contributed by atoms with E-state index in [1.807, 2.05) is 11.8 Å². The molecule has 1 aliphatic heterocycles. The summed E-state index contributed by atoms with van der Waals surface area (Å²) in [4.78, 5) is 28.0. The van der Waals surface area contributed by atoms with Crippen LogP contribution in [0.1, 0.15) is 18.9 Å². The van der Waals surface area contributed by atoms with Crippen LogP contribution in [0.25, 0.3) is 0 Å². The summed E-state index contributed by atoms with van der Waals surface area (Å²) < 4.78 is 0. The molecule has 7 nitrogen and oxygen atoms in total. The number of anilines is 1. The van der Waals surface area contributed by atoms with E-state index in [1.54, 1.807) is 13.0 Å². The van der Waals surface area contributed by atoms with Gasteiger partial charge in [0.25, 0.3) is 5.69 Å². The predicted molar refractivity (Wildman–Crippen MR) is 70.1 cm³/mol. The maximum Gasteiger partial charge on any atom is 0.290 e. The van der Waals surface area contributed by atoms with Gasteiger partial charge in [-0.3, -0.25) is 14.9 Å².